The lowest BCUT2D eigenvalue weighted by Crippen LogP contribution is -2.26. The van der Waals surface area contributed by atoms with Gasteiger partial charge >= 0.3 is 12.0 Å². The number of rotatable bonds is 3. The molecule has 0 heterocycles. The number of carboxylic acids is 1. The van der Waals surface area contributed by atoms with Crippen LogP contribution in [0.15, 0.2) is 11.2 Å². The molecule has 6 nitrogen and oxygen atoms in total. The number of urea groups is 1. The molecule has 0 radical (unpaired) electrons. The molecule has 21 heavy (non-hydrogen) atoms. The van der Waals surface area contributed by atoms with Crippen LogP contribution in [0.1, 0.15) is 35.1 Å². The van der Waals surface area contributed by atoms with Crippen molar-refractivity contribution in [3.8, 4) is 0 Å². The average molecular weight is 287 g/mol. The van der Waals surface area contributed by atoms with Gasteiger partial charge in [-0.2, -0.15) is 5.10 Å². The molecule has 2 aliphatic carbocycles. The van der Waals surface area contributed by atoms with Crippen LogP contribution >= 0.6 is 0 Å². The zero-order valence-corrected chi connectivity index (χ0v) is 11.6. The Morgan fingerprint density at radius 3 is 2.29 bits per heavy atom. The highest BCUT2D eigenvalue weighted by molar-refractivity contribution is 6.22. The van der Waals surface area contributed by atoms with Crippen LogP contribution in [0.2, 0.25) is 0 Å². The van der Waals surface area contributed by atoms with E-state index in [1.807, 2.05) is 0 Å². The van der Waals surface area contributed by atoms with Gasteiger partial charge in [0.2, 0.25) is 0 Å². The Hall–Kier alpha value is -2.37. The van der Waals surface area contributed by atoms with Crippen LogP contribution in [-0.2, 0) is 30.5 Å². The van der Waals surface area contributed by atoms with E-state index in [0.29, 0.717) is 6.21 Å². The standard InChI is InChI=1S/C15H17N3O3/c19-13(20)8-16-18-15(21)17-14-11-5-1-3-9(11)7-10-4-2-6-12(10)14/h7-8H,1-6H2,(H,19,20)(H2,17,18,21)/b16-8+. The minimum atomic E-state index is -1.20. The molecule has 0 saturated heterocycles. The van der Waals surface area contributed by atoms with Crippen LogP contribution in [0.3, 0.4) is 0 Å². The Kier molecular flexibility index (Phi) is 3.60. The summed E-state index contributed by atoms with van der Waals surface area (Å²) in [5.41, 5.74) is 8.23. The molecule has 1 aromatic rings. The third kappa shape index (κ3) is 2.74. The molecule has 0 fully saturated rings. The van der Waals surface area contributed by atoms with Crippen molar-refractivity contribution in [3.63, 3.8) is 0 Å². The first-order valence-electron chi connectivity index (χ1n) is 7.14. The van der Waals surface area contributed by atoms with Gasteiger partial charge in [-0.3, -0.25) is 0 Å². The summed E-state index contributed by atoms with van der Waals surface area (Å²) in [6.45, 7) is 0. The molecule has 6 heteroatoms. The number of anilines is 1. The second-order valence-electron chi connectivity index (χ2n) is 5.40. The average Bonchev–Trinajstić information content (AvgIpc) is 3.06. The van der Waals surface area contributed by atoms with E-state index < -0.39 is 12.0 Å². The van der Waals surface area contributed by atoms with E-state index in [1.165, 1.54) is 22.3 Å². The number of hydrogen-bond acceptors (Lipinski definition) is 3. The number of carbonyl (C=O) groups is 2. The minimum absolute atomic E-state index is 0.498. The molecule has 3 rings (SSSR count). The zero-order chi connectivity index (χ0) is 14.8. The molecule has 2 amide bonds. The van der Waals surface area contributed by atoms with E-state index in [1.54, 1.807) is 0 Å². The Bertz CT molecular complexity index is 605. The summed E-state index contributed by atoms with van der Waals surface area (Å²) < 4.78 is 0. The van der Waals surface area contributed by atoms with E-state index in [2.05, 4.69) is 21.9 Å². The summed E-state index contributed by atoms with van der Waals surface area (Å²) in [4.78, 5) is 22.2. The van der Waals surface area contributed by atoms with Gasteiger partial charge in [0.1, 0.15) is 6.21 Å². The molecular weight excluding hydrogens is 270 g/mol. The molecule has 3 N–H and O–H groups in total. The molecule has 110 valence electrons. The number of carbonyl (C=O) groups excluding carboxylic acids is 1. The number of hydrogen-bond donors (Lipinski definition) is 3. The fourth-order valence-corrected chi connectivity index (χ4v) is 3.25. The highest BCUT2D eigenvalue weighted by Gasteiger charge is 2.24. The number of nitrogens with one attached hydrogen (secondary N) is 2. The number of benzene rings is 1. The second kappa shape index (κ2) is 5.55. The molecule has 0 saturated carbocycles. The van der Waals surface area contributed by atoms with Gasteiger partial charge in [-0.1, -0.05) is 6.07 Å². The summed E-state index contributed by atoms with van der Waals surface area (Å²) in [6, 6.07) is 1.79. The monoisotopic (exact) mass is 287 g/mol. The van der Waals surface area contributed by atoms with E-state index >= 15 is 0 Å². The summed E-state index contributed by atoms with van der Waals surface area (Å²) in [7, 11) is 0. The summed E-state index contributed by atoms with van der Waals surface area (Å²) in [5.74, 6) is -1.20. The van der Waals surface area contributed by atoms with Crippen molar-refractivity contribution in [1.29, 1.82) is 0 Å². The topological polar surface area (TPSA) is 90.8 Å². The molecule has 0 aromatic heterocycles. The number of hydrazone groups is 1. The van der Waals surface area contributed by atoms with Gasteiger partial charge in [0.05, 0.1) is 0 Å². The number of aryl methyl sites for hydroxylation is 2. The van der Waals surface area contributed by atoms with Crippen molar-refractivity contribution in [3.05, 3.63) is 28.3 Å². The molecule has 0 bridgehead atoms. The fraction of sp³-hybridized carbons (Fsp3) is 0.400. The van der Waals surface area contributed by atoms with Crippen molar-refractivity contribution in [2.24, 2.45) is 5.10 Å². The maximum atomic E-state index is 11.9. The first-order valence-corrected chi connectivity index (χ1v) is 7.14. The third-order valence-electron chi connectivity index (χ3n) is 4.05. The normalized spacial score (nSPS) is 15.8. The van der Waals surface area contributed by atoms with Crippen LogP contribution in [0.25, 0.3) is 0 Å². The van der Waals surface area contributed by atoms with E-state index in [4.69, 9.17) is 5.11 Å². The molecule has 0 atom stereocenters. The first kappa shape index (κ1) is 13.6. The highest BCUT2D eigenvalue weighted by atomic mass is 16.4. The molecule has 0 unspecified atom stereocenters. The van der Waals surface area contributed by atoms with Crippen LogP contribution in [-0.4, -0.2) is 23.3 Å². The lowest BCUT2D eigenvalue weighted by atomic mass is 9.99. The van der Waals surface area contributed by atoms with Gasteiger partial charge in [-0.15, -0.1) is 0 Å². The van der Waals surface area contributed by atoms with Crippen molar-refractivity contribution in [2.45, 2.75) is 38.5 Å². The maximum Gasteiger partial charge on any atom is 0.348 e. The Labute approximate surface area is 122 Å². The summed E-state index contributed by atoms with van der Waals surface area (Å²) >= 11 is 0. The molecule has 0 aliphatic heterocycles. The van der Waals surface area contributed by atoms with Gasteiger partial charge in [-0.25, -0.2) is 15.0 Å². The largest absolute Gasteiger partial charge is 0.477 e. The van der Waals surface area contributed by atoms with E-state index in [0.717, 1.165) is 44.2 Å². The maximum absolute atomic E-state index is 11.9. The zero-order valence-electron chi connectivity index (χ0n) is 11.6. The SMILES string of the molecule is O=C(O)/C=N/NC(=O)Nc1c2c(cc3c1CCC3)CCC2. The molecule has 2 aliphatic rings. The van der Waals surface area contributed by atoms with E-state index in [9.17, 15) is 9.59 Å². The summed E-state index contributed by atoms with van der Waals surface area (Å²) in [5, 5.41) is 14.7. The smallest absolute Gasteiger partial charge is 0.348 e. The predicted molar refractivity (Wildman–Crippen MR) is 78.8 cm³/mol. The number of nitrogens with zero attached hydrogens (tertiary/aromatic N) is 1. The van der Waals surface area contributed by atoms with Crippen LogP contribution in [0, 0.1) is 0 Å². The van der Waals surface area contributed by atoms with Gasteiger partial charge in [-0.05, 0) is 60.8 Å². The van der Waals surface area contributed by atoms with Crippen molar-refractivity contribution in [2.75, 3.05) is 5.32 Å². The van der Waals surface area contributed by atoms with Crippen molar-refractivity contribution >= 4 is 23.9 Å². The molecule has 0 spiro atoms. The van der Waals surface area contributed by atoms with Gasteiger partial charge in [0, 0.05) is 5.69 Å². The van der Waals surface area contributed by atoms with Gasteiger partial charge < -0.3 is 10.4 Å². The van der Waals surface area contributed by atoms with Gasteiger partial charge in [0.15, 0.2) is 0 Å². The fourth-order valence-electron chi connectivity index (χ4n) is 3.25. The number of aliphatic carboxylic acids is 1. The Balaban J connectivity index is 1.82. The second-order valence-corrected chi connectivity index (χ2v) is 5.40. The lowest BCUT2D eigenvalue weighted by Gasteiger charge is -2.15. The van der Waals surface area contributed by atoms with Crippen molar-refractivity contribution < 1.29 is 14.7 Å². The van der Waals surface area contributed by atoms with E-state index in [-0.39, 0.29) is 0 Å². The minimum Gasteiger partial charge on any atom is -0.477 e. The Morgan fingerprint density at radius 1 is 1.10 bits per heavy atom. The van der Waals surface area contributed by atoms with Crippen LogP contribution in [0.4, 0.5) is 10.5 Å². The Morgan fingerprint density at radius 2 is 1.71 bits per heavy atom. The van der Waals surface area contributed by atoms with Crippen LogP contribution < -0.4 is 10.7 Å². The van der Waals surface area contributed by atoms with Crippen LogP contribution in [0.5, 0.6) is 0 Å². The molecular formula is C15H17N3O3. The van der Waals surface area contributed by atoms with Gasteiger partial charge in [0.25, 0.3) is 0 Å². The number of amides is 2. The molecule has 1 aromatic carbocycles. The first-order chi connectivity index (χ1) is 10.1. The number of fused-ring (bicyclic) bond motifs is 2. The quantitative estimate of drug-likeness (QED) is 0.585. The summed E-state index contributed by atoms with van der Waals surface area (Å²) in [6.07, 6.45) is 6.98. The van der Waals surface area contributed by atoms with Crippen molar-refractivity contribution in [1.82, 2.24) is 5.43 Å². The highest BCUT2D eigenvalue weighted by Crippen LogP contribution is 2.38. The third-order valence-corrected chi connectivity index (χ3v) is 4.05. The number of carboxylic acid groups (broad SMARTS) is 1. The lowest BCUT2D eigenvalue weighted by molar-refractivity contribution is -0.128. The predicted octanol–water partition coefficient (Wildman–Crippen LogP) is 1.86.